The number of fused-ring (bicyclic) bond motifs is 1. The number of carbonyl (C=O) groups is 1. The van der Waals surface area contributed by atoms with Crippen LogP contribution >= 0.6 is 0 Å². The summed E-state index contributed by atoms with van der Waals surface area (Å²) in [6.07, 6.45) is 3.39. The Balaban J connectivity index is 1.97. The SMILES string of the molecule is CC(C)=CC(=O)O[C@@H]1CCN2CC[C@H](CO)[C@H]12. The number of rotatable bonds is 3. The van der Waals surface area contributed by atoms with Crippen LogP contribution in [0, 0.1) is 5.92 Å². The van der Waals surface area contributed by atoms with E-state index < -0.39 is 0 Å². The molecular weight excluding hydrogens is 218 g/mol. The van der Waals surface area contributed by atoms with Gasteiger partial charge in [0.2, 0.25) is 0 Å². The minimum Gasteiger partial charge on any atom is -0.457 e. The van der Waals surface area contributed by atoms with E-state index >= 15 is 0 Å². The van der Waals surface area contributed by atoms with Crippen LogP contribution in [0.3, 0.4) is 0 Å². The minimum atomic E-state index is -0.250. The fraction of sp³-hybridized carbons (Fsp3) is 0.769. The van der Waals surface area contributed by atoms with E-state index in [4.69, 9.17) is 4.74 Å². The molecule has 0 unspecified atom stereocenters. The van der Waals surface area contributed by atoms with Gasteiger partial charge in [0.1, 0.15) is 6.10 Å². The number of carbonyl (C=O) groups excluding carboxylic acids is 1. The molecule has 2 saturated heterocycles. The number of ether oxygens (including phenoxy) is 1. The van der Waals surface area contributed by atoms with E-state index in [0.29, 0.717) is 0 Å². The predicted octanol–water partition coefficient (Wildman–Crippen LogP) is 0.951. The molecular formula is C13H21NO3. The molecule has 2 rings (SSSR count). The molecule has 2 heterocycles. The Morgan fingerprint density at radius 3 is 2.76 bits per heavy atom. The first-order chi connectivity index (χ1) is 8.11. The Morgan fingerprint density at radius 2 is 2.12 bits per heavy atom. The summed E-state index contributed by atoms with van der Waals surface area (Å²) in [7, 11) is 0. The van der Waals surface area contributed by atoms with E-state index in [0.717, 1.165) is 31.5 Å². The quantitative estimate of drug-likeness (QED) is 0.588. The Labute approximate surface area is 102 Å². The molecule has 0 bridgehead atoms. The zero-order valence-electron chi connectivity index (χ0n) is 10.6. The molecule has 0 spiro atoms. The van der Waals surface area contributed by atoms with Crippen molar-refractivity contribution in [1.82, 2.24) is 4.90 Å². The number of esters is 1. The normalized spacial score (nSPS) is 32.3. The van der Waals surface area contributed by atoms with E-state index in [2.05, 4.69) is 4.90 Å². The Kier molecular flexibility index (Phi) is 3.84. The second kappa shape index (κ2) is 5.19. The van der Waals surface area contributed by atoms with Gasteiger partial charge in [0.15, 0.2) is 0 Å². The standard InChI is InChI=1S/C13H21NO3/c1-9(2)7-12(16)17-11-4-6-14-5-3-10(8-15)13(11)14/h7,10-11,13,15H,3-6,8H2,1-2H3/t10-,11-,13-/m1/s1. The van der Waals surface area contributed by atoms with Gasteiger partial charge in [0.05, 0.1) is 6.04 Å². The molecule has 2 fully saturated rings. The van der Waals surface area contributed by atoms with Gasteiger partial charge < -0.3 is 9.84 Å². The van der Waals surface area contributed by atoms with Crippen molar-refractivity contribution in [1.29, 1.82) is 0 Å². The lowest BCUT2D eigenvalue weighted by atomic mass is 9.97. The maximum atomic E-state index is 11.6. The van der Waals surface area contributed by atoms with Gasteiger partial charge in [0.25, 0.3) is 0 Å². The van der Waals surface area contributed by atoms with Gasteiger partial charge in [-0.1, -0.05) is 5.57 Å². The zero-order valence-corrected chi connectivity index (χ0v) is 10.6. The third kappa shape index (κ3) is 2.69. The van der Waals surface area contributed by atoms with Gasteiger partial charge >= 0.3 is 5.97 Å². The van der Waals surface area contributed by atoms with Crippen molar-refractivity contribution in [2.75, 3.05) is 19.7 Å². The summed E-state index contributed by atoms with van der Waals surface area (Å²) in [5.74, 6) is 0.0162. The lowest BCUT2D eigenvalue weighted by molar-refractivity contribution is -0.144. The first-order valence-corrected chi connectivity index (χ1v) is 6.32. The monoisotopic (exact) mass is 239 g/mol. The molecule has 0 aliphatic carbocycles. The van der Waals surface area contributed by atoms with Crippen LogP contribution in [0.15, 0.2) is 11.6 Å². The van der Waals surface area contributed by atoms with Crippen LogP contribution in [0.25, 0.3) is 0 Å². The molecule has 0 amide bonds. The fourth-order valence-electron chi connectivity index (χ4n) is 2.96. The first kappa shape index (κ1) is 12.6. The molecule has 2 aliphatic rings. The average Bonchev–Trinajstić information content (AvgIpc) is 2.79. The molecule has 4 heteroatoms. The van der Waals surface area contributed by atoms with Crippen LogP contribution in [-0.4, -0.2) is 47.8 Å². The molecule has 0 aromatic rings. The largest absolute Gasteiger partial charge is 0.457 e. The lowest BCUT2D eigenvalue weighted by Gasteiger charge is -2.24. The highest BCUT2D eigenvalue weighted by Gasteiger charge is 2.45. The lowest BCUT2D eigenvalue weighted by Crippen LogP contribution is -2.37. The van der Waals surface area contributed by atoms with Crippen molar-refractivity contribution in [3.63, 3.8) is 0 Å². The highest BCUT2D eigenvalue weighted by Crippen LogP contribution is 2.34. The van der Waals surface area contributed by atoms with E-state index in [1.54, 1.807) is 0 Å². The highest BCUT2D eigenvalue weighted by molar-refractivity contribution is 5.82. The smallest absolute Gasteiger partial charge is 0.331 e. The molecule has 0 aromatic carbocycles. The van der Waals surface area contributed by atoms with Crippen LogP contribution in [0.5, 0.6) is 0 Å². The van der Waals surface area contributed by atoms with Crippen LogP contribution < -0.4 is 0 Å². The van der Waals surface area contributed by atoms with E-state index in [1.807, 2.05) is 13.8 Å². The van der Waals surface area contributed by atoms with Crippen molar-refractivity contribution >= 4 is 5.97 Å². The van der Waals surface area contributed by atoms with Crippen molar-refractivity contribution in [2.24, 2.45) is 5.92 Å². The van der Waals surface area contributed by atoms with Gasteiger partial charge in [-0.25, -0.2) is 4.79 Å². The number of nitrogens with zero attached hydrogens (tertiary/aromatic N) is 1. The molecule has 3 atom stereocenters. The molecule has 0 radical (unpaired) electrons. The second-order valence-electron chi connectivity index (χ2n) is 5.24. The van der Waals surface area contributed by atoms with Crippen molar-refractivity contribution in [3.05, 3.63) is 11.6 Å². The Bertz CT molecular complexity index is 323. The first-order valence-electron chi connectivity index (χ1n) is 6.32. The molecule has 0 aromatic heterocycles. The highest BCUT2D eigenvalue weighted by atomic mass is 16.5. The van der Waals surface area contributed by atoms with E-state index in [9.17, 15) is 9.90 Å². The number of aliphatic hydroxyl groups excluding tert-OH is 1. The third-order valence-electron chi connectivity index (χ3n) is 3.68. The summed E-state index contributed by atoms with van der Waals surface area (Å²) in [5.41, 5.74) is 0.954. The minimum absolute atomic E-state index is 0.0438. The van der Waals surface area contributed by atoms with Crippen molar-refractivity contribution in [2.45, 2.75) is 38.8 Å². The van der Waals surface area contributed by atoms with Crippen LogP contribution in [0.4, 0.5) is 0 Å². The maximum absolute atomic E-state index is 11.6. The second-order valence-corrected chi connectivity index (χ2v) is 5.24. The molecule has 2 aliphatic heterocycles. The predicted molar refractivity (Wildman–Crippen MR) is 64.5 cm³/mol. The van der Waals surface area contributed by atoms with Gasteiger partial charge in [-0.2, -0.15) is 0 Å². The zero-order chi connectivity index (χ0) is 12.4. The Morgan fingerprint density at radius 1 is 1.41 bits per heavy atom. The number of hydrogen-bond donors (Lipinski definition) is 1. The van der Waals surface area contributed by atoms with Crippen LogP contribution in [0.1, 0.15) is 26.7 Å². The topological polar surface area (TPSA) is 49.8 Å². The van der Waals surface area contributed by atoms with Crippen LogP contribution in [-0.2, 0) is 9.53 Å². The van der Waals surface area contributed by atoms with E-state index in [-0.39, 0.29) is 30.6 Å². The molecule has 0 saturated carbocycles. The van der Waals surface area contributed by atoms with Gasteiger partial charge in [0, 0.05) is 25.1 Å². The number of hydrogen-bond acceptors (Lipinski definition) is 4. The molecule has 96 valence electrons. The van der Waals surface area contributed by atoms with Gasteiger partial charge in [-0.3, -0.25) is 4.90 Å². The summed E-state index contributed by atoms with van der Waals surface area (Å²) in [6.45, 7) is 5.96. The summed E-state index contributed by atoms with van der Waals surface area (Å²) in [4.78, 5) is 13.9. The third-order valence-corrected chi connectivity index (χ3v) is 3.68. The van der Waals surface area contributed by atoms with Gasteiger partial charge in [-0.05, 0) is 33.2 Å². The summed E-state index contributed by atoms with van der Waals surface area (Å²) < 4.78 is 5.50. The van der Waals surface area contributed by atoms with Crippen molar-refractivity contribution < 1.29 is 14.6 Å². The van der Waals surface area contributed by atoms with Gasteiger partial charge in [-0.15, -0.1) is 0 Å². The van der Waals surface area contributed by atoms with Crippen molar-refractivity contribution in [3.8, 4) is 0 Å². The summed E-state index contributed by atoms with van der Waals surface area (Å²) >= 11 is 0. The average molecular weight is 239 g/mol. The maximum Gasteiger partial charge on any atom is 0.331 e. The summed E-state index contributed by atoms with van der Waals surface area (Å²) in [6, 6.07) is 0.231. The molecule has 4 nitrogen and oxygen atoms in total. The van der Waals surface area contributed by atoms with Crippen LogP contribution in [0.2, 0.25) is 0 Å². The Hall–Kier alpha value is -0.870. The summed E-state index contributed by atoms with van der Waals surface area (Å²) in [5, 5.41) is 9.33. The number of allylic oxidation sites excluding steroid dienone is 1. The number of aliphatic hydroxyl groups is 1. The van der Waals surface area contributed by atoms with E-state index in [1.165, 1.54) is 6.08 Å². The molecule has 1 N–H and O–H groups in total. The molecule has 17 heavy (non-hydrogen) atoms. The fourth-order valence-corrected chi connectivity index (χ4v) is 2.96.